The lowest BCUT2D eigenvalue weighted by atomic mass is 9.94. The average molecular weight is 297 g/mol. The molecular formula is C14H21BrN2. The quantitative estimate of drug-likeness (QED) is 0.923. The number of rotatable bonds is 3. The molecule has 0 bridgehead atoms. The van der Waals surface area contributed by atoms with Gasteiger partial charge in [0.1, 0.15) is 0 Å². The highest BCUT2D eigenvalue weighted by Gasteiger charge is 2.23. The summed E-state index contributed by atoms with van der Waals surface area (Å²) in [6.45, 7) is 5.73. The van der Waals surface area contributed by atoms with Crippen molar-refractivity contribution in [3.05, 3.63) is 34.3 Å². The summed E-state index contributed by atoms with van der Waals surface area (Å²) in [5.41, 5.74) is 1.35. The van der Waals surface area contributed by atoms with Crippen LogP contribution < -0.4 is 5.32 Å². The molecular weight excluding hydrogens is 276 g/mol. The van der Waals surface area contributed by atoms with Crippen LogP contribution in [0.15, 0.2) is 28.7 Å². The van der Waals surface area contributed by atoms with Crippen LogP contribution in [0.25, 0.3) is 0 Å². The van der Waals surface area contributed by atoms with Gasteiger partial charge in [-0.3, -0.25) is 0 Å². The summed E-state index contributed by atoms with van der Waals surface area (Å²) in [5, 5.41) is 3.69. The zero-order chi connectivity index (χ0) is 12.3. The Morgan fingerprint density at radius 3 is 3.00 bits per heavy atom. The first kappa shape index (κ1) is 13.1. The molecule has 0 amide bonds. The van der Waals surface area contributed by atoms with Crippen LogP contribution in [0.1, 0.15) is 18.9 Å². The maximum atomic E-state index is 3.69. The fraction of sp³-hybridized carbons (Fsp3) is 0.571. The van der Waals surface area contributed by atoms with Gasteiger partial charge in [-0.2, -0.15) is 0 Å². The number of nitrogens with one attached hydrogen (secondary N) is 1. The number of piperidine rings is 1. The summed E-state index contributed by atoms with van der Waals surface area (Å²) in [6.07, 6.45) is 1.26. The summed E-state index contributed by atoms with van der Waals surface area (Å²) in [4.78, 5) is 2.42. The summed E-state index contributed by atoms with van der Waals surface area (Å²) in [6, 6.07) is 9.19. The van der Waals surface area contributed by atoms with Gasteiger partial charge in [-0.1, -0.05) is 35.0 Å². The first-order chi connectivity index (χ1) is 8.15. The van der Waals surface area contributed by atoms with E-state index in [1.54, 1.807) is 0 Å². The molecule has 94 valence electrons. The Kier molecular flexibility index (Phi) is 4.60. The lowest BCUT2D eigenvalue weighted by molar-refractivity contribution is 0.174. The van der Waals surface area contributed by atoms with Gasteiger partial charge in [0.25, 0.3) is 0 Å². The van der Waals surface area contributed by atoms with Gasteiger partial charge < -0.3 is 10.2 Å². The molecule has 1 heterocycles. The third-order valence-electron chi connectivity index (χ3n) is 3.57. The van der Waals surface area contributed by atoms with Crippen LogP contribution in [0, 0.1) is 5.92 Å². The molecule has 1 aromatic rings. The molecule has 0 spiro atoms. The standard InChI is InChI=1S/C14H21BrN2/c1-11-10-17(2)7-6-14(11)16-9-12-4-3-5-13(15)8-12/h3-5,8,11,14,16H,6-7,9-10H2,1-2H3. The van der Waals surface area contributed by atoms with Gasteiger partial charge in [0.15, 0.2) is 0 Å². The topological polar surface area (TPSA) is 15.3 Å². The van der Waals surface area contributed by atoms with Crippen molar-refractivity contribution in [2.45, 2.75) is 25.9 Å². The van der Waals surface area contributed by atoms with Gasteiger partial charge in [-0.25, -0.2) is 0 Å². The van der Waals surface area contributed by atoms with E-state index in [4.69, 9.17) is 0 Å². The van der Waals surface area contributed by atoms with Gasteiger partial charge in [0.05, 0.1) is 0 Å². The van der Waals surface area contributed by atoms with Gasteiger partial charge in [-0.05, 0) is 43.6 Å². The second-order valence-electron chi connectivity index (χ2n) is 5.15. The molecule has 1 aromatic carbocycles. The van der Waals surface area contributed by atoms with E-state index in [0.717, 1.165) is 16.9 Å². The van der Waals surface area contributed by atoms with E-state index in [9.17, 15) is 0 Å². The summed E-state index contributed by atoms with van der Waals surface area (Å²) in [5.74, 6) is 0.737. The lowest BCUT2D eigenvalue weighted by Gasteiger charge is -2.35. The molecule has 0 saturated carbocycles. The van der Waals surface area contributed by atoms with Crippen molar-refractivity contribution in [3.63, 3.8) is 0 Å². The smallest absolute Gasteiger partial charge is 0.0208 e. The Hall–Kier alpha value is -0.380. The molecule has 1 aliphatic heterocycles. The van der Waals surface area contributed by atoms with Crippen LogP contribution in [0.2, 0.25) is 0 Å². The number of likely N-dealkylation sites (tertiary alicyclic amines) is 1. The predicted molar refractivity (Wildman–Crippen MR) is 76.0 cm³/mol. The maximum Gasteiger partial charge on any atom is 0.0208 e. The van der Waals surface area contributed by atoms with Crippen molar-refractivity contribution in [1.82, 2.24) is 10.2 Å². The van der Waals surface area contributed by atoms with Gasteiger partial charge in [0, 0.05) is 23.6 Å². The molecule has 1 saturated heterocycles. The Balaban J connectivity index is 1.86. The molecule has 3 heteroatoms. The van der Waals surface area contributed by atoms with E-state index in [1.807, 2.05) is 0 Å². The molecule has 1 fully saturated rings. The Bertz CT molecular complexity index is 367. The predicted octanol–water partition coefficient (Wildman–Crippen LogP) is 2.88. The first-order valence-electron chi connectivity index (χ1n) is 6.31. The SMILES string of the molecule is CC1CN(C)CCC1NCc1cccc(Br)c1. The van der Waals surface area contributed by atoms with Crippen LogP contribution >= 0.6 is 15.9 Å². The molecule has 2 nitrogen and oxygen atoms in total. The monoisotopic (exact) mass is 296 g/mol. The number of hydrogen-bond donors (Lipinski definition) is 1. The van der Waals surface area contributed by atoms with Crippen molar-refractivity contribution < 1.29 is 0 Å². The minimum Gasteiger partial charge on any atom is -0.310 e. The molecule has 1 aliphatic rings. The normalized spacial score (nSPS) is 26.1. The molecule has 17 heavy (non-hydrogen) atoms. The van der Waals surface area contributed by atoms with Crippen LogP contribution in [0.3, 0.4) is 0 Å². The zero-order valence-electron chi connectivity index (χ0n) is 10.6. The average Bonchev–Trinajstić information content (AvgIpc) is 2.28. The van der Waals surface area contributed by atoms with Gasteiger partial charge in [-0.15, -0.1) is 0 Å². The number of nitrogens with zero attached hydrogens (tertiary/aromatic N) is 1. The number of benzene rings is 1. The van der Waals surface area contributed by atoms with E-state index < -0.39 is 0 Å². The molecule has 2 unspecified atom stereocenters. The third-order valence-corrected chi connectivity index (χ3v) is 4.06. The minimum atomic E-state index is 0.658. The van der Waals surface area contributed by atoms with Crippen LogP contribution in [-0.4, -0.2) is 31.1 Å². The van der Waals surface area contributed by atoms with Crippen molar-refractivity contribution in [1.29, 1.82) is 0 Å². The highest BCUT2D eigenvalue weighted by Crippen LogP contribution is 2.17. The number of halogens is 1. The van der Waals surface area contributed by atoms with Crippen molar-refractivity contribution in [3.8, 4) is 0 Å². The Morgan fingerprint density at radius 1 is 1.47 bits per heavy atom. The largest absolute Gasteiger partial charge is 0.310 e. The summed E-state index contributed by atoms with van der Waals surface area (Å²) >= 11 is 3.51. The molecule has 0 aliphatic carbocycles. The van der Waals surface area contributed by atoms with Crippen LogP contribution in [0.5, 0.6) is 0 Å². The van der Waals surface area contributed by atoms with Crippen LogP contribution in [-0.2, 0) is 6.54 Å². The first-order valence-corrected chi connectivity index (χ1v) is 7.11. The van der Waals surface area contributed by atoms with Gasteiger partial charge >= 0.3 is 0 Å². The maximum absolute atomic E-state index is 3.69. The van der Waals surface area contributed by atoms with Gasteiger partial charge in [0.2, 0.25) is 0 Å². The third kappa shape index (κ3) is 3.80. The van der Waals surface area contributed by atoms with Crippen molar-refractivity contribution in [2.24, 2.45) is 5.92 Å². The molecule has 2 rings (SSSR count). The second kappa shape index (κ2) is 5.98. The van der Waals surface area contributed by atoms with E-state index >= 15 is 0 Å². The lowest BCUT2D eigenvalue weighted by Crippen LogP contribution is -2.46. The summed E-state index contributed by atoms with van der Waals surface area (Å²) < 4.78 is 1.16. The fourth-order valence-corrected chi connectivity index (χ4v) is 3.00. The minimum absolute atomic E-state index is 0.658. The zero-order valence-corrected chi connectivity index (χ0v) is 12.2. The highest BCUT2D eigenvalue weighted by atomic mass is 79.9. The summed E-state index contributed by atoms with van der Waals surface area (Å²) in [7, 11) is 2.21. The highest BCUT2D eigenvalue weighted by molar-refractivity contribution is 9.10. The Labute approximate surface area is 113 Å². The van der Waals surface area contributed by atoms with E-state index in [1.165, 1.54) is 25.1 Å². The van der Waals surface area contributed by atoms with E-state index in [-0.39, 0.29) is 0 Å². The molecule has 1 N–H and O–H groups in total. The number of hydrogen-bond acceptors (Lipinski definition) is 2. The Morgan fingerprint density at radius 2 is 2.29 bits per heavy atom. The molecule has 2 atom stereocenters. The van der Waals surface area contributed by atoms with E-state index in [0.29, 0.717) is 6.04 Å². The van der Waals surface area contributed by atoms with E-state index in [2.05, 4.69) is 64.4 Å². The van der Waals surface area contributed by atoms with Crippen molar-refractivity contribution in [2.75, 3.05) is 20.1 Å². The molecule has 0 radical (unpaired) electrons. The van der Waals surface area contributed by atoms with Crippen LogP contribution in [0.4, 0.5) is 0 Å². The second-order valence-corrected chi connectivity index (χ2v) is 6.06. The fourth-order valence-electron chi connectivity index (χ4n) is 2.55. The van der Waals surface area contributed by atoms with Crippen molar-refractivity contribution >= 4 is 15.9 Å². The molecule has 0 aromatic heterocycles.